The number of thiocarbonyl (C=S) groups is 1. The van der Waals surface area contributed by atoms with Gasteiger partial charge in [0.1, 0.15) is 0 Å². The second kappa shape index (κ2) is 7.79. The Morgan fingerprint density at radius 2 is 1.71 bits per heavy atom. The van der Waals surface area contributed by atoms with Gasteiger partial charge in [0.15, 0.2) is 5.11 Å². The molecule has 0 heterocycles. The highest BCUT2D eigenvalue weighted by Crippen LogP contribution is 2.16. The summed E-state index contributed by atoms with van der Waals surface area (Å²) in [7, 11) is 0. The van der Waals surface area contributed by atoms with Crippen molar-refractivity contribution in [3.8, 4) is 0 Å². The molecule has 21 heavy (non-hydrogen) atoms. The molecule has 0 aromatic heterocycles. The smallest absolute Gasteiger partial charge is 0.167 e. The monoisotopic (exact) mass is 298 g/mol. The van der Waals surface area contributed by atoms with Gasteiger partial charge in [0.05, 0.1) is 6.04 Å². The molecule has 0 saturated carbocycles. The van der Waals surface area contributed by atoms with Crippen molar-refractivity contribution in [1.82, 2.24) is 10.6 Å². The van der Waals surface area contributed by atoms with E-state index in [1.54, 1.807) is 0 Å². The van der Waals surface area contributed by atoms with Gasteiger partial charge in [-0.1, -0.05) is 67.1 Å². The first-order valence-electron chi connectivity index (χ1n) is 7.34. The third-order valence-corrected chi connectivity index (χ3v) is 3.75. The lowest BCUT2D eigenvalue weighted by Gasteiger charge is -2.20. The molecule has 2 aromatic rings. The molecule has 0 aliphatic carbocycles. The van der Waals surface area contributed by atoms with Crippen LogP contribution in [0.5, 0.6) is 0 Å². The van der Waals surface area contributed by atoms with Crippen LogP contribution in [0.2, 0.25) is 0 Å². The Balaban J connectivity index is 1.89. The average Bonchev–Trinajstić information content (AvgIpc) is 2.52. The molecule has 0 saturated heterocycles. The molecule has 2 nitrogen and oxygen atoms in total. The maximum absolute atomic E-state index is 5.40. The highest BCUT2D eigenvalue weighted by molar-refractivity contribution is 7.80. The van der Waals surface area contributed by atoms with Gasteiger partial charge < -0.3 is 10.6 Å². The summed E-state index contributed by atoms with van der Waals surface area (Å²) in [6, 6.07) is 19.1. The first-order valence-corrected chi connectivity index (χ1v) is 7.74. The van der Waals surface area contributed by atoms with E-state index in [9.17, 15) is 0 Å². The summed E-state index contributed by atoms with van der Waals surface area (Å²) in [4.78, 5) is 0. The van der Waals surface area contributed by atoms with Gasteiger partial charge in [0.2, 0.25) is 0 Å². The van der Waals surface area contributed by atoms with Crippen LogP contribution in [0.1, 0.15) is 36.1 Å². The number of benzene rings is 2. The molecule has 0 unspecified atom stereocenters. The van der Waals surface area contributed by atoms with Gasteiger partial charge in [-0.2, -0.15) is 0 Å². The molecular formula is C18H22N2S. The lowest BCUT2D eigenvalue weighted by Crippen LogP contribution is -2.37. The van der Waals surface area contributed by atoms with Crippen LogP contribution >= 0.6 is 12.2 Å². The maximum atomic E-state index is 5.40. The number of hydrogen-bond acceptors (Lipinski definition) is 1. The van der Waals surface area contributed by atoms with E-state index < -0.39 is 0 Å². The summed E-state index contributed by atoms with van der Waals surface area (Å²) < 4.78 is 0. The fraction of sp³-hybridized carbons (Fsp3) is 0.278. The molecule has 0 fully saturated rings. The third-order valence-electron chi connectivity index (χ3n) is 3.49. The minimum atomic E-state index is 0.251. The predicted octanol–water partition coefficient (Wildman–Crippen LogP) is 4.11. The topological polar surface area (TPSA) is 24.1 Å². The minimum Gasteiger partial charge on any atom is -0.359 e. The van der Waals surface area contributed by atoms with Gasteiger partial charge in [-0.05, 0) is 36.7 Å². The van der Waals surface area contributed by atoms with E-state index in [2.05, 4.69) is 60.9 Å². The minimum absolute atomic E-state index is 0.251. The number of rotatable bonds is 5. The summed E-state index contributed by atoms with van der Waals surface area (Å²) in [6.45, 7) is 5.01. The first kappa shape index (κ1) is 15.5. The number of nitrogens with one attached hydrogen (secondary N) is 2. The molecule has 110 valence electrons. The Morgan fingerprint density at radius 1 is 1.05 bits per heavy atom. The quantitative estimate of drug-likeness (QED) is 0.812. The summed E-state index contributed by atoms with van der Waals surface area (Å²) >= 11 is 5.40. The van der Waals surface area contributed by atoms with Crippen LogP contribution in [-0.2, 0) is 6.54 Å². The first-order chi connectivity index (χ1) is 10.2. The summed E-state index contributed by atoms with van der Waals surface area (Å²) in [5.41, 5.74) is 3.77. The number of hydrogen-bond donors (Lipinski definition) is 2. The lowest BCUT2D eigenvalue weighted by atomic mass is 10.0. The summed E-state index contributed by atoms with van der Waals surface area (Å²) in [6.07, 6.45) is 0.996. The van der Waals surface area contributed by atoms with Gasteiger partial charge in [-0.15, -0.1) is 0 Å². The van der Waals surface area contributed by atoms with Crippen molar-refractivity contribution < 1.29 is 0 Å². The molecule has 2 rings (SSSR count). The van der Waals surface area contributed by atoms with Crippen molar-refractivity contribution in [3.63, 3.8) is 0 Å². The zero-order chi connectivity index (χ0) is 15.1. The van der Waals surface area contributed by atoms with Crippen molar-refractivity contribution in [2.24, 2.45) is 0 Å². The molecule has 3 heteroatoms. The molecular weight excluding hydrogens is 276 g/mol. The molecule has 0 aliphatic rings. The van der Waals surface area contributed by atoms with E-state index in [1.807, 2.05) is 18.2 Å². The fourth-order valence-electron chi connectivity index (χ4n) is 2.21. The second-order valence-corrected chi connectivity index (χ2v) is 5.59. The zero-order valence-electron chi connectivity index (χ0n) is 12.6. The van der Waals surface area contributed by atoms with Crippen molar-refractivity contribution in [2.75, 3.05) is 0 Å². The Hall–Kier alpha value is -1.87. The van der Waals surface area contributed by atoms with Gasteiger partial charge >= 0.3 is 0 Å². The van der Waals surface area contributed by atoms with E-state index in [0.29, 0.717) is 5.11 Å². The Kier molecular flexibility index (Phi) is 5.76. The van der Waals surface area contributed by atoms with E-state index in [0.717, 1.165) is 13.0 Å². The van der Waals surface area contributed by atoms with E-state index in [4.69, 9.17) is 12.2 Å². The van der Waals surface area contributed by atoms with Crippen LogP contribution in [0, 0.1) is 6.92 Å². The van der Waals surface area contributed by atoms with E-state index >= 15 is 0 Å². The molecule has 0 amide bonds. The molecule has 0 spiro atoms. The molecule has 1 atom stereocenters. The van der Waals surface area contributed by atoms with E-state index in [1.165, 1.54) is 16.7 Å². The van der Waals surface area contributed by atoms with Crippen molar-refractivity contribution >= 4 is 17.3 Å². The molecule has 2 N–H and O–H groups in total. The molecule has 2 aromatic carbocycles. The average molecular weight is 298 g/mol. The largest absolute Gasteiger partial charge is 0.359 e. The maximum Gasteiger partial charge on any atom is 0.167 e. The lowest BCUT2D eigenvalue weighted by molar-refractivity contribution is 0.616. The van der Waals surface area contributed by atoms with Gasteiger partial charge in [0.25, 0.3) is 0 Å². The number of aryl methyl sites for hydroxylation is 1. The summed E-state index contributed by atoms with van der Waals surface area (Å²) in [5, 5.41) is 7.36. The van der Waals surface area contributed by atoms with Crippen LogP contribution in [0.25, 0.3) is 0 Å². The van der Waals surface area contributed by atoms with Crippen LogP contribution < -0.4 is 10.6 Å². The molecule has 0 aliphatic heterocycles. The molecule has 0 bridgehead atoms. The van der Waals surface area contributed by atoms with Gasteiger partial charge in [0, 0.05) is 6.54 Å². The standard InChI is InChI=1S/C18H22N2S/c1-3-17(16-11-9-14(2)10-12-16)20-18(21)19-13-15-7-5-4-6-8-15/h4-12,17H,3,13H2,1-2H3,(H2,19,20,21)/t17-/m0/s1. The Labute approximate surface area is 132 Å². The zero-order valence-corrected chi connectivity index (χ0v) is 13.4. The van der Waals surface area contributed by atoms with Gasteiger partial charge in [-0.3, -0.25) is 0 Å². The van der Waals surface area contributed by atoms with Crippen LogP contribution in [0.15, 0.2) is 54.6 Å². The predicted molar refractivity (Wildman–Crippen MR) is 93.2 cm³/mol. The van der Waals surface area contributed by atoms with E-state index in [-0.39, 0.29) is 6.04 Å². The van der Waals surface area contributed by atoms with Gasteiger partial charge in [-0.25, -0.2) is 0 Å². The van der Waals surface area contributed by atoms with Crippen molar-refractivity contribution in [3.05, 3.63) is 71.3 Å². The van der Waals surface area contributed by atoms with Crippen LogP contribution in [0.3, 0.4) is 0 Å². The summed E-state index contributed by atoms with van der Waals surface area (Å²) in [5.74, 6) is 0. The fourth-order valence-corrected chi connectivity index (χ4v) is 2.42. The molecule has 0 radical (unpaired) electrons. The highest BCUT2D eigenvalue weighted by atomic mass is 32.1. The normalized spacial score (nSPS) is 11.7. The third kappa shape index (κ3) is 4.87. The Bertz CT molecular complexity index is 564. The SMILES string of the molecule is CC[C@H](NC(=S)NCc1ccccc1)c1ccc(C)cc1. The van der Waals surface area contributed by atoms with Crippen molar-refractivity contribution in [1.29, 1.82) is 0 Å². The highest BCUT2D eigenvalue weighted by Gasteiger charge is 2.10. The Morgan fingerprint density at radius 3 is 2.33 bits per heavy atom. The second-order valence-electron chi connectivity index (χ2n) is 5.18. The van der Waals surface area contributed by atoms with Crippen molar-refractivity contribution in [2.45, 2.75) is 32.9 Å². The van der Waals surface area contributed by atoms with Crippen LogP contribution in [0.4, 0.5) is 0 Å². The van der Waals surface area contributed by atoms with Crippen LogP contribution in [-0.4, -0.2) is 5.11 Å².